The zero-order valence-electron chi connectivity index (χ0n) is 44.1. The summed E-state index contributed by atoms with van der Waals surface area (Å²) in [7, 11) is -3.38. The molecule has 1 aliphatic carbocycles. The van der Waals surface area contributed by atoms with E-state index in [0.717, 1.165) is 40.0 Å². The van der Waals surface area contributed by atoms with Crippen molar-refractivity contribution >= 4 is 69.0 Å². The fourth-order valence-electron chi connectivity index (χ4n) is 10.8. The van der Waals surface area contributed by atoms with Gasteiger partial charge in [-0.3, -0.25) is 34.1 Å². The number of carbonyl (C=O) groups excluding carboxylic acids is 6. The Bertz CT molecular complexity index is 2700. The molecule has 5 fully saturated rings. The molecule has 6 amide bonds. The van der Waals surface area contributed by atoms with Crippen LogP contribution in [0, 0.1) is 17.3 Å². The van der Waals surface area contributed by atoms with Crippen LogP contribution in [0.2, 0.25) is 0 Å². The fraction of sp³-hybridized carbons (Fsp3) is 0.564. The van der Waals surface area contributed by atoms with Crippen LogP contribution in [0.15, 0.2) is 72.8 Å². The second-order valence-corrected chi connectivity index (χ2v) is 26.5. The predicted octanol–water partition coefficient (Wildman–Crippen LogP) is 4.02. The van der Waals surface area contributed by atoms with Crippen LogP contribution in [0.3, 0.4) is 0 Å². The van der Waals surface area contributed by atoms with Crippen molar-refractivity contribution in [3.63, 3.8) is 0 Å². The highest BCUT2D eigenvalue weighted by atomic mass is 32.2. The minimum absolute atomic E-state index is 0.0420. The molecule has 4 saturated heterocycles. The summed E-state index contributed by atoms with van der Waals surface area (Å²) in [5.41, 5.74) is 4.83. The minimum Gasteiger partial charge on any atom is -0.391 e. The molecule has 4 aliphatic heterocycles. The number of nitrogens with one attached hydrogen (secondary N) is 7. The van der Waals surface area contributed by atoms with Gasteiger partial charge in [0, 0.05) is 75.1 Å². The maximum absolute atomic E-state index is 14.2. The van der Waals surface area contributed by atoms with Crippen LogP contribution in [0.5, 0.6) is 0 Å². The number of thioether (sulfide) groups is 2. The van der Waals surface area contributed by atoms with Crippen LogP contribution < -0.4 is 37.2 Å². The molecule has 1 saturated carbocycles. The minimum atomic E-state index is -3.38. The second-order valence-electron chi connectivity index (χ2n) is 22.1. The van der Waals surface area contributed by atoms with Crippen molar-refractivity contribution in [2.45, 2.75) is 139 Å². The van der Waals surface area contributed by atoms with Gasteiger partial charge >= 0.3 is 0 Å². The lowest BCUT2D eigenvalue weighted by Gasteiger charge is -2.35. The number of hydrogen-bond acceptors (Lipinski definition) is 13. The number of amides is 6. The van der Waals surface area contributed by atoms with E-state index in [4.69, 9.17) is 0 Å². The smallest absolute Gasteiger partial charge is 0.246 e. The number of aliphatic hydroxyl groups excluding tert-OH is 1. The Labute approximate surface area is 455 Å². The van der Waals surface area contributed by atoms with Gasteiger partial charge in [0.05, 0.1) is 30.2 Å². The van der Waals surface area contributed by atoms with Crippen molar-refractivity contribution in [1.82, 2.24) is 46.4 Å². The SMILES string of the molecule is CC1NC(C2CCCC2)SC1c1ccc(CNC(=O)[C@@H]2C[C@@H](O)CN2C(=O)[C@@H](NC(=O)CCC(=O)NCc2cccc(-c3cccc(C4CSC(NC(=O)CNC(=O)C5CCN(S(C)(=O)=O)C5)N4)c3)c2)C(C)(C)C)cc1. The van der Waals surface area contributed by atoms with Gasteiger partial charge in [0.2, 0.25) is 45.5 Å². The van der Waals surface area contributed by atoms with Crippen molar-refractivity contribution in [2.24, 2.45) is 17.3 Å². The first-order valence-electron chi connectivity index (χ1n) is 26.6. The summed E-state index contributed by atoms with van der Waals surface area (Å²) in [6.07, 6.45) is 5.64. The van der Waals surface area contributed by atoms with E-state index < -0.39 is 51.4 Å². The number of rotatable bonds is 19. The predicted molar refractivity (Wildman–Crippen MR) is 295 cm³/mol. The molecule has 18 nitrogen and oxygen atoms in total. The molecule has 9 atom stereocenters. The van der Waals surface area contributed by atoms with E-state index in [1.54, 1.807) is 0 Å². The van der Waals surface area contributed by atoms with Gasteiger partial charge < -0.3 is 41.9 Å². The van der Waals surface area contributed by atoms with Gasteiger partial charge in [-0.1, -0.05) is 94.3 Å². The Morgan fingerprint density at radius 3 is 2.20 bits per heavy atom. The number of benzene rings is 3. The molecule has 6 unspecified atom stereocenters. The molecule has 4 heterocycles. The van der Waals surface area contributed by atoms with Gasteiger partial charge in [-0.15, -0.1) is 23.5 Å². The Kier molecular flexibility index (Phi) is 18.9. The van der Waals surface area contributed by atoms with E-state index in [2.05, 4.69) is 62.3 Å². The van der Waals surface area contributed by atoms with Gasteiger partial charge in [0.25, 0.3) is 0 Å². The number of nitrogens with zero attached hydrogens (tertiary/aromatic N) is 2. The Morgan fingerprint density at radius 2 is 1.49 bits per heavy atom. The van der Waals surface area contributed by atoms with E-state index in [1.165, 1.54) is 52.2 Å². The lowest BCUT2D eigenvalue weighted by molar-refractivity contribution is -0.144. The Balaban J connectivity index is 0.765. The number of hydrogen-bond donors (Lipinski definition) is 8. The normalized spacial score (nSPS) is 25.5. The number of likely N-dealkylation sites (tertiary alicyclic amines) is 1. The summed E-state index contributed by atoms with van der Waals surface area (Å²) in [6.45, 7) is 8.33. The molecular formula is C55H75N9O9S3. The summed E-state index contributed by atoms with van der Waals surface area (Å²) in [6, 6.07) is 22.6. The highest BCUT2D eigenvalue weighted by Crippen LogP contribution is 2.46. The summed E-state index contributed by atoms with van der Waals surface area (Å²) in [5, 5.41) is 33.1. The molecule has 76 heavy (non-hydrogen) atoms. The molecule has 0 aromatic heterocycles. The summed E-state index contributed by atoms with van der Waals surface area (Å²) < 4.78 is 24.9. The van der Waals surface area contributed by atoms with Gasteiger partial charge in [0.1, 0.15) is 17.6 Å². The van der Waals surface area contributed by atoms with Crippen molar-refractivity contribution < 1.29 is 42.3 Å². The number of sulfonamides is 1. The lowest BCUT2D eigenvalue weighted by atomic mass is 9.85. The first kappa shape index (κ1) is 57.2. The maximum atomic E-state index is 14.2. The standard InChI is InChI=1S/C55H75N9O9S3/c1-33-48(75-52(59-33)37-11-6-7-12-37)36-18-16-34(17-19-36)27-57-51(70)44-26-42(65)31-64(44)53(71)49(55(2,3)4)61-46(67)21-20-45(66)56-28-35-10-8-13-38(24-35)39-14-9-15-40(25-39)43-32-74-54(60-43)62-47(68)29-58-50(69)41-22-23-63(30-41)76(5,72)73/h8-10,13-19,24-25,33,37,41-44,48-49,52,54,59-60,65H,6-7,11-12,20-23,26-32H2,1-5H3,(H,56,66)(H,57,70)(H,58,69)(H,61,67)(H,62,68)/t33?,41?,42-,43?,44+,48?,49-,52?,54?/m1/s1. The first-order valence-corrected chi connectivity index (χ1v) is 30.4. The van der Waals surface area contributed by atoms with Crippen LogP contribution in [0.4, 0.5) is 0 Å². The zero-order chi connectivity index (χ0) is 54.3. The Hall–Kier alpha value is -5.03. The average Bonchev–Trinajstić information content (AvgIpc) is 4.27. The molecule has 21 heteroatoms. The van der Waals surface area contributed by atoms with Crippen LogP contribution in [-0.4, -0.2) is 131 Å². The monoisotopic (exact) mass is 1100 g/mol. The average molecular weight is 1100 g/mol. The third-order valence-corrected chi connectivity index (χ3v) is 19.3. The van der Waals surface area contributed by atoms with Gasteiger partial charge in [-0.2, -0.15) is 0 Å². The molecule has 8 rings (SSSR count). The molecule has 412 valence electrons. The second kappa shape index (κ2) is 25.2. The number of aliphatic hydroxyl groups is 1. The number of β-amino-alcohol motifs (C(OH)–C–C–N with tert-alkyl or cyclic N) is 1. The quantitative estimate of drug-likeness (QED) is 0.0847. The van der Waals surface area contributed by atoms with Gasteiger partial charge in [0.15, 0.2) is 0 Å². The lowest BCUT2D eigenvalue weighted by Crippen LogP contribution is -2.57. The molecule has 3 aromatic carbocycles. The van der Waals surface area contributed by atoms with Crippen LogP contribution >= 0.6 is 23.5 Å². The van der Waals surface area contributed by atoms with E-state index in [1.807, 2.05) is 87.1 Å². The van der Waals surface area contributed by atoms with Crippen molar-refractivity contribution in [3.05, 3.63) is 95.1 Å². The van der Waals surface area contributed by atoms with Gasteiger partial charge in [-0.25, -0.2) is 12.7 Å². The molecule has 8 N–H and O–H groups in total. The first-order chi connectivity index (χ1) is 36.2. The van der Waals surface area contributed by atoms with Crippen LogP contribution in [0.25, 0.3) is 11.1 Å². The van der Waals surface area contributed by atoms with Crippen LogP contribution in [-0.2, 0) is 51.9 Å². The molecular weight excluding hydrogens is 1030 g/mol. The summed E-state index contributed by atoms with van der Waals surface area (Å²) in [4.78, 5) is 81.1. The molecule has 0 radical (unpaired) electrons. The zero-order valence-corrected chi connectivity index (χ0v) is 46.6. The summed E-state index contributed by atoms with van der Waals surface area (Å²) >= 11 is 3.56. The third kappa shape index (κ3) is 15.0. The summed E-state index contributed by atoms with van der Waals surface area (Å²) in [5.74, 6) is -1.44. The molecule has 5 aliphatic rings. The topological polar surface area (TPSA) is 247 Å². The van der Waals surface area contributed by atoms with E-state index in [9.17, 15) is 42.3 Å². The highest BCUT2D eigenvalue weighted by Gasteiger charge is 2.45. The largest absolute Gasteiger partial charge is 0.391 e. The maximum Gasteiger partial charge on any atom is 0.246 e. The molecule has 3 aromatic rings. The van der Waals surface area contributed by atoms with E-state index >= 15 is 0 Å². The van der Waals surface area contributed by atoms with Crippen molar-refractivity contribution in [3.8, 4) is 11.1 Å². The molecule has 0 bridgehead atoms. The van der Waals surface area contributed by atoms with Crippen LogP contribution in [0.1, 0.15) is 113 Å². The Morgan fingerprint density at radius 1 is 0.789 bits per heavy atom. The number of carbonyl (C=O) groups is 6. The third-order valence-electron chi connectivity index (χ3n) is 15.2. The fourth-order valence-corrected chi connectivity index (χ4v) is 14.6. The van der Waals surface area contributed by atoms with Gasteiger partial charge in [-0.05, 0) is 83.0 Å². The van der Waals surface area contributed by atoms with E-state index in [-0.39, 0.29) is 93.7 Å². The molecule has 0 spiro atoms. The highest BCUT2D eigenvalue weighted by molar-refractivity contribution is 8.00. The van der Waals surface area contributed by atoms with Crippen molar-refractivity contribution in [1.29, 1.82) is 0 Å². The van der Waals surface area contributed by atoms with Crippen molar-refractivity contribution in [2.75, 3.05) is 38.2 Å². The van der Waals surface area contributed by atoms with E-state index in [0.29, 0.717) is 28.8 Å².